The van der Waals surface area contributed by atoms with E-state index in [1.807, 2.05) is 19.1 Å². The average molecular weight is 259 g/mol. The zero-order chi connectivity index (χ0) is 13.8. The van der Waals surface area contributed by atoms with E-state index in [4.69, 9.17) is 0 Å². The van der Waals surface area contributed by atoms with Gasteiger partial charge in [-0.3, -0.25) is 20.0 Å². The highest BCUT2D eigenvalue weighted by atomic mass is 16.2. The number of anilines is 2. The van der Waals surface area contributed by atoms with E-state index in [1.54, 1.807) is 19.1 Å². The van der Waals surface area contributed by atoms with Gasteiger partial charge in [0.05, 0.1) is 0 Å². The second-order valence-corrected chi connectivity index (χ2v) is 4.02. The molecule has 0 saturated carbocycles. The first-order chi connectivity index (χ1) is 9.04. The summed E-state index contributed by atoms with van der Waals surface area (Å²) in [4.78, 5) is 27.1. The Morgan fingerprint density at radius 1 is 1.05 bits per heavy atom. The molecule has 0 radical (unpaired) electrons. The number of nitrogens with one attached hydrogen (secondary N) is 3. The molecule has 3 N–H and O–H groups in total. The van der Waals surface area contributed by atoms with Crippen molar-refractivity contribution >= 4 is 23.5 Å². The Morgan fingerprint density at radius 3 is 2.26 bits per heavy atom. The maximum atomic E-state index is 11.6. The van der Waals surface area contributed by atoms with E-state index in [-0.39, 0.29) is 5.95 Å². The molecule has 0 bridgehead atoms. The summed E-state index contributed by atoms with van der Waals surface area (Å²) < 4.78 is 0. The summed E-state index contributed by atoms with van der Waals surface area (Å²) in [5, 5.41) is 11.0. The number of aromatic nitrogens is 3. The lowest BCUT2D eigenvalue weighted by molar-refractivity contribution is -0.133. The first-order valence-electron chi connectivity index (χ1n) is 5.62. The first-order valence-corrected chi connectivity index (χ1v) is 5.62. The van der Waals surface area contributed by atoms with E-state index in [0.29, 0.717) is 11.5 Å². The van der Waals surface area contributed by atoms with Crippen molar-refractivity contribution in [2.75, 3.05) is 10.6 Å². The molecule has 0 unspecified atom stereocenters. The zero-order valence-electron chi connectivity index (χ0n) is 10.5. The predicted molar refractivity (Wildman–Crippen MR) is 69.6 cm³/mol. The van der Waals surface area contributed by atoms with Crippen LogP contribution in [-0.2, 0) is 9.59 Å². The van der Waals surface area contributed by atoms with Gasteiger partial charge >= 0.3 is 11.8 Å². The number of hydrogen-bond acceptors (Lipinski definition) is 4. The van der Waals surface area contributed by atoms with Crippen molar-refractivity contribution in [3.05, 3.63) is 35.7 Å². The van der Waals surface area contributed by atoms with Gasteiger partial charge in [-0.1, -0.05) is 17.7 Å². The van der Waals surface area contributed by atoms with Crippen LogP contribution >= 0.6 is 0 Å². The van der Waals surface area contributed by atoms with Crippen LogP contribution in [-0.4, -0.2) is 27.0 Å². The number of rotatable bonds is 2. The minimum absolute atomic E-state index is 0.0709. The summed E-state index contributed by atoms with van der Waals surface area (Å²) in [7, 11) is 0. The fourth-order valence-corrected chi connectivity index (χ4v) is 1.38. The molecular formula is C12H13N5O2. The normalized spacial score (nSPS) is 10.0. The van der Waals surface area contributed by atoms with Gasteiger partial charge in [0.1, 0.15) is 5.82 Å². The highest BCUT2D eigenvalue weighted by Crippen LogP contribution is 2.08. The molecule has 0 atom stereocenters. The van der Waals surface area contributed by atoms with Crippen molar-refractivity contribution in [3.63, 3.8) is 0 Å². The maximum absolute atomic E-state index is 11.6. The summed E-state index contributed by atoms with van der Waals surface area (Å²) in [5.41, 5.74) is 1.62. The van der Waals surface area contributed by atoms with Crippen molar-refractivity contribution in [2.24, 2.45) is 0 Å². The third-order valence-electron chi connectivity index (χ3n) is 2.34. The van der Waals surface area contributed by atoms with Crippen LogP contribution in [0.2, 0.25) is 0 Å². The van der Waals surface area contributed by atoms with Crippen molar-refractivity contribution in [1.82, 2.24) is 15.2 Å². The number of carbonyl (C=O) groups is 2. The Hall–Kier alpha value is -2.70. The second-order valence-electron chi connectivity index (χ2n) is 4.02. The van der Waals surface area contributed by atoms with Gasteiger partial charge in [0.15, 0.2) is 0 Å². The molecule has 0 aliphatic heterocycles. The Balaban J connectivity index is 1.96. The lowest BCUT2D eigenvalue weighted by atomic mass is 10.2. The molecule has 0 aliphatic rings. The van der Waals surface area contributed by atoms with Gasteiger partial charge in [-0.05, 0) is 26.0 Å². The number of H-pyrrole nitrogens is 1. The highest BCUT2D eigenvalue weighted by Gasteiger charge is 2.15. The summed E-state index contributed by atoms with van der Waals surface area (Å²) in [6.07, 6.45) is 0. The van der Waals surface area contributed by atoms with Crippen LogP contribution in [0, 0.1) is 13.8 Å². The molecule has 0 fully saturated rings. The van der Waals surface area contributed by atoms with Gasteiger partial charge in [0.2, 0.25) is 5.95 Å². The van der Waals surface area contributed by atoms with Crippen molar-refractivity contribution in [3.8, 4) is 0 Å². The Bertz CT molecular complexity index is 603. The molecule has 1 aromatic heterocycles. The number of amides is 2. The molecule has 0 saturated heterocycles. The molecule has 1 aromatic carbocycles. The minimum Gasteiger partial charge on any atom is -0.318 e. The number of nitrogens with zero attached hydrogens (tertiary/aromatic N) is 2. The van der Waals surface area contributed by atoms with Gasteiger partial charge in [-0.2, -0.15) is 4.98 Å². The molecule has 0 aliphatic carbocycles. The van der Waals surface area contributed by atoms with Crippen LogP contribution in [0.5, 0.6) is 0 Å². The first kappa shape index (κ1) is 12.7. The Morgan fingerprint density at radius 2 is 1.68 bits per heavy atom. The van der Waals surface area contributed by atoms with Gasteiger partial charge in [-0.25, -0.2) is 0 Å². The van der Waals surface area contributed by atoms with Crippen LogP contribution < -0.4 is 10.6 Å². The van der Waals surface area contributed by atoms with Crippen molar-refractivity contribution in [1.29, 1.82) is 0 Å². The molecule has 98 valence electrons. The predicted octanol–water partition coefficient (Wildman–Crippen LogP) is 0.999. The molecule has 2 rings (SSSR count). The van der Waals surface area contributed by atoms with Crippen LogP contribution in [0.3, 0.4) is 0 Å². The third-order valence-corrected chi connectivity index (χ3v) is 2.34. The lowest BCUT2D eigenvalue weighted by Crippen LogP contribution is -2.29. The van der Waals surface area contributed by atoms with E-state index in [2.05, 4.69) is 25.8 Å². The molecule has 7 heteroatoms. The SMILES string of the molecule is Cc1ccc(NC(=O)C(=O)Nc2n[nH]c(C)n2)cc1. The summed E-state index contributed by atoms with van der Waals surface area (Å²) in [5.74, 6) is -0.971. The largest absolute Gasteiger partial charge is 0.318 e. The minimum atomic E-state index is -0.820. The monoisotopic (exact) mass is 259 g/mol. The van der Waals surface area contributed by atoms with Crippen LogP contribution in [0.15, 0.2) is 24.3 Å². The Kier molecular flexibility index (Phi) is 3.56. The van der Waals surface area contributed by atoms with Gasteiger partial charge in [0.25, 0.3) is 0 Å². The standard InChI is InChI=1S/C12H13N5O2/c1-7-3-5-9(6-4-7)14-10(18)11(19)15-12-13-8(2)16-17-12/h3-6H,1-2H3,(H,14,18)(H2,13,15,16,17,19). The van der Waals surface area contributed by atoms with Crippen molar-refractivity contribution in [2.45, 2.75) is 13.8 Å². The molecular weight excluding hydrogens is 246 g/mol. The summed E-state index contributed by atoms with van der Waals surface area (Å²) in [6.45, 7) is 3.62. The fourth-order valence-electron chi connectivity index (χ4n) is 1.38. The van der Waals surface area contributed by atoms with Gasteiger partial charge in [0, 0.05) is 5.69 Å². The highest BCUT2D eigenvalue weighted by molar-refractivity contribution is 6.43. The van der Waals surface area contributed by atoms with E-state index < -0.39 is 11.8 Å². The topological polar surface area (TPSA) is 99.8 Å². The van der Waals surface area contributed by atoms with E-state index in [9.17, 15) is 9.59 Å². The second kappa shape index (κ2) is 5.30. The third kappa shape index (κ3) is 3.38. The Labute approximate surface area is 109 Å². The van der Waals surface area contributed by atoms with Crippen molar-refractivity contribution < 1.29 is 9.59 Å². The number of hydrogen-bond donors (Lipinski definition) is 3. The molecule has 7 nitrogen and oxygen atoms in total. The quantitative estimate of drug-likeness (QED) is 0.700. The number of benzene rings is 1. The van der Waals surface area contributed by atoms with Crippen LogP contribution in [0.25, 0.3) is 0 Å². The van der Waals surface area contributed by atoms with Crippen LogP contribution in [0.4, 0.5) is 11.6 Å². The molecule has 2 amide bonds. The smallest absolute Gasteiger partial charge is 0.316 e. The average Bonchev–Trinajstić information content (AvgIpc) is 2.77. The van der Waals surface area contributed by atoms with E-state index >= 15 is 0 Å². The maximum Gasteiger partial charge on any atom is 0.316 e. The number of aryl methyl sites for hydroxylation is 2. The molecule has 1 heterocycles. The van der Waals surface area contributed by atoms with Gasteiger partial charge in [-0.15, -0.1) is 5.10 Å². The summed E-state index contributed by atoms with van der Waals surface area (Å²) in [6, 6.07) is 7.12. The fraction of sp³-hybridized carbons (Fsp3) is 0.167. The van der Waals surface area contributed by atoms with Crippen LogP contribution in [0.1, 0.15) is 11.4 Å². The summed E-state index contributed by atoms with van der Waals surface area (Å²) >= 11 is 0. The van der Waals surface area contributed by atoms with E-state index in [1.165, 1.54) is 0 Å². The number of aromatic amines is 1. The molecule has 19 heavy (non-hydrogen) atoms. The number of carbonyl (C=O) groups excluding carboxylic acids is 2. The molecule has 0 spiro atoms. The van der Waals surface area contributed by atoms with Gasteiger partial charge < -0.3 is 5.32 Å². The lowest BCUT2D eigenvalue weighted by Gasteiger charge is -2.04. The molecule has 2 aromatic rings. The van der Waals surface area contributed by atoms with E-state index in [0.717, 1.165) is 5.56 Å². The zero-order valence-corrected chi connectivity index (χ0v) is 10.5.